The van der Waals surface area contributed by atoms with E-state index < -0.39 is 22.0 Å². The molecule has 0 unspecified atom stereocenters. The third-order valence-corrected chi connectivity index (χ3v) is 8.01. The predicted molar refractivity (Wildman–Crippen MR) is 120 cm³/mol. The SMILES string of the molecule is CC(C)(C)CC(=O)N1CC[C@@H]2[C@H](CC1)N(Cc1cccnc1)CCS2(=O)=O.O=C(O)C(F)(F)F. The lowest BCUT2D eigenvalue weighted by molar-refractivity contribution is -0.192. The molecule has 192 valence electrons. The van der Waals surface area contributed by atoms with Crippen molar-refractivity contribution in [2.75, 3.05) is 25.4 Å². The maximum absolute atomic E-state index is 12.7. The highest BCUT2D eigenvalue weighted by atomic mass is 32.2. The largest absolute Gasteiger partial charge is 0.490 e. The maximum atomic E-state index is 12.7. The fourth-order valence-electron chi connectivity index (χ4n) is 4.20. The standard InChI is InChI=1S/C20H31N3O3S.C2HF3O2/c1-20(2,3)13-19(24)22-9-6-17-18(7-10-22)27(25,26)12-11-23(17)15-16-5-4-8-21-14-16;3-2(4,5)1(6)7/h4-5,8,14,17-18H,6-7,9-13,15H2,1-3H3;(H,6,7)/t17-,18+;/m0./s1. The van der Waals surface area contributed by atoms with E-state index in [0.29, 0.717) is 45.4 Å². The Hall–Kier alpha value is -2.21. The van der Waals surface area contributed by atoms with E-state index in [1.807, 2.05) is 23.2 Å². The number of carbonyl (C=O) groups excluding carboxylic acids is 1. The zero-order valence-corrected chi connectivity index (χ0v) is 20.4. The van der Waals surface area contributed by atoms with Gasteiger partial charge in [0.2, 0.25) is 5.91 Å². The van der Waals surface area contributed by atoms with E-state index in [-0.39, 0.29) is 28.4 Å². The van der Waals surface area contributed by atoms with Gasteiger partial charge in [0.15, 0.2) is 9.84 Å². The molecule has 0 radical (unpaired) electrons. The number of carboxylic acids is 1. The fraction of sp³-hybridized carbons (Fsp3) is 0.682. The van der Waals surface area contributed by atoms with Crippen molar-refractivity contribution in [2.24, 2.45) is 5.41 Å². The van der Waals surface area contributed by atoms with Crippen LogP contribution < -0.4 is 0 Å². The molecule has 0 bridgehead atoms. The normalized spacial score (nSPS) is 23.2. The average molecular weight is 508 g/mol. The second-order valence-electron chi connectivity index (χ2n) is 9.80. The summed E-state index contributed by atoms with van der Waals surface area (Å²) in [4.78, 5) is 29.9. The molecule has 34 heavy (non-hydrogen) atoms. The van der Waals surface area contributed by atoms with Crippen LogP contribution in [0.1, 0.15) is 45.6 Å². The molecule has 3 rings (SSSR count). The number of likely N-dealkylation sites (tertiary alicyclic amines) is 1. The van der Waals surface area contributed by atoms with E-state index in [4.69, 9.17) is 9.90 Å². The summed E-state index contributed by atoms with van der Waals surface area (Å²) in [5, 5.41) is 6.75. The van der Waals surface area contributed by atoms with Crippen LogP contribution in [-0.2, 0) is 26.0 Å². The summed E-state index contributed by atoms with van der Waals surface area (Å²) in [5.74, 6) is -2.42. The van der Waals surface area contributed by atoms with E-state index in [1.54, 1.807) is 6.20 Å². The number of aliphatic carboxylic acids is 1. The van der Waals surface area contributed by atoms with Gasteiger partial charge in [0.05, 0.1) is 11.0 Å². The summed E-state index contributed by atoms with van der Waals surface area (Å²) in [6.07, 6.45) is 0.242. The zero-order valence-electron chi connectivity index (χ0n) is 19.6. The van der Waals surface area contributed by atoms with Crippen LogP contribution in [0, 0.1) is 5.41 Å². The van der Waals surface area contributed by atoms with Crippen LogP contribution in [0.25, 0.3) is 0 Å². The molecular formula is C22H32F3N3O5S. The van der Waals surface area contributed by atoms with Gasteiger partial charge < -0.3 is 10.0 Å². The van der Waals surface area contributed by atoms with Crippen LogP contribution in [0.15, 0.2) is 24.5 Å². The molecule has 2 atom stereocenters. The number of carboxylic acid groups (broad SMARTS) is 1. The van der Waals surface area contributed by atoms with E-state index in [9.17, 15) is 26.4 Å². The van der Waals surface area contributed by atoms with Crippen molar-refractivity contribution in [1.82, 2.24) is 14.8 Å². The van der Waals surface area contributed by atoms with Gasteiger partial charge in [-0.3, -0.25) is 14.7 Å². The lowest BCUT2D eigenvalue weighted by Gasteiger charge is -2.40. The fourth-order valence-corrected chi connectivity index (χ4v) is 6.24. The smallest absolute Gasteiger partial charge is 0.475 e. The molecule has 1 N–H and O–H groups in total. The predicted octanol–water partition coefficient (Wildman–Crippen LogP) is 2.74. The minimum Gasteiger partial charge on any atom is -0.475 e. The summed E-state index contributed by atoms with van der Waals surface area (Å²) in [5.41, 5.74) is 1.04. The highest BCUT2D eigenvalue weighted by molar-refractivity contribution is 7.92. The van der Waals surface area contributed by atoms with Crippen molar-refractivity contribution < 1.29 is 36.3 Å². The molecule has 2 saturated heterocycles. The molecule has 0 saturated carbocycles. The molecule has 1 amide bonds. The van der Waals surface area contributed by atoms with Gasteiger partial charge in [-0.05, 0) is 29.9 Å². The van der Waals surface area contributed by atoms with Crippen molar-refractivity contribution in [1.29, 1.82) is 0 Å². The summed E-state index contributed by atoms with van der Waals surface area (Å²) < 4.78 is 57.2. The Bertz CT molecular complexity index is 949. The minimum absolute atomic E-state index is 0.0311. The second kappa shape index (κ2) is 11.0. The number of fused-ring (bicyclic) bond motifs is 1. The Morgan fingerprint density at radius 2 is 1.76 bits per heavy atom. The molecule has 3 heterocycles. The zero-order chi connectivity index (χ0) is 25.7. The number of pyridine rings is 1. The molecule has 1 aromatic rings. The molecule has 2 aliphatic heterocycles. The van der Waals surface area contributed by atoms with Crippen LogP contribution in [0.5, 0.6) is 0 Å². The molecule has 12 heteroatoms. The van der Waals surface area contributed by atoms with Crippen molar-refractivity contribution in [3.63, 3.8) is 0 Å². The summed E-state index contributed by atoms with van der Waals surface area (Å²) in [7, 11) is -3.11. The summed E-state index contributed by atoms with van der Waals surface area (Å²) in [6, 6.07) is 3.91. The second-order valence-corrected chi connectivity index (χ2v) is 12.1. The number of aromatic nitrogens is 1. The average Bonchev–Trinajstić information content (AvgIpc) is 2.94. The minimum atomic E-state index is -5.08. The summed E-state index contributed by atoms with van der Waals surface area (Å²) >= 11 is 0. The van der Waals surface area contributed by atoms with Gasteiger partial charge in [-0.25, -0.2) is 13.2 Å². The van der Waals surface area contributed by atoms with Crippen LogP contribution in [0.3, 0.4) is 0 Å². The Morgan fingerprint density at radius 3 is 2.29 bits per heavy atom. The van der Waals surface area contributed by atoms with Crippen LogP contribution in [0.2, 0.25) is 0 Å². The van der Waals surface area contributed by atoms with Gasteiger partial charge >= 0.3 is 12.1 Å². The van der Waals surface area contributed by atoms with Gasteiger partial charge in [0, 0.05) is 51.0 Å². The maximum Gasteiger partial charge on any atom is 0.490 e. The van der Waals surface area contributed by atoms with E-state index in [2.05, 4.69) is 30.7 Å². The number of nitrogens with zero attached hydrogens (tertiary/aromatic N) is 3. The first-order valence-electron chi connectivity index (χ1n) is 11.0. The quantitative estimate of drug-likeness (QED) is 0.670. The van der Waals surface area contributed by atoms with Crippen molar-refractivity contribution >= 4 is 21.7 Å². The molecule has 0 aromatic carbocycles. The van der Waals surface area contributed by atoms with E-state index >= 15 is 0 Å². The van der Waals surface area contributed by atoms with Crippen LogP contribution >= 0.6 is 0 Å². The van der Waals surface area contributed by atoms with E-state index in [1.165, 1.54) is 0 Å². The number of halogens is 3. The summed E-state index contributed by atoms with van der Waals surface area (Å²) in [6.45, 7) is 8.60. The Balaban J connectivity index is 0.000000509. The van der Waals surface area contributed by atoms with Crippen LogP contribution in [0.4, 0.5) is 13.2 Å². The first-order valence-corrected chi connectivity index (χ1v) is 12.7. The number of hydrogen-bond acceptors (Lipinski definition) is 6. The number of alkyl halides is 3. The van der Waals surface area contributed by atoms with Gasteiger partial charge in [-0.2, -0.15) is 13.2 Å². The van der Waals surface area contributed by atoms with Crippen LogP contribution in [-0.4, -0.2) is 83.0 Å². The molecular weight excluding hydrogens is 475 g/mol. The monoisotopic (exact) mass is 507 g/mol. The highest BCUT2D eigenvalue weighted by Gasteiger charge is 2.43. The lowest BCUT2D eigenvalue weighted by atomic mass is 9.91. The first kappa shape index (κ1) is 28.0. The van der Waals surface area contributed by atoms with Gasteiger partial charge in [0.1, 0.15) is 0 Å². The number of amides is 1. The first-order chi connectivity index (χ1) is 15.6. The molecule has 2 fully saturated rings. The number of rotatable bonds is 3. The molecule has 1 aromatic heterocycles. The highest BCUT2D eigenvalue weighted by Crippen LogP contribution is 2.30. The third kappa shape index (κ3) is 8.23. The Kier molecular flexibility index (Phi) is 9.09. The lowest BCUT2D eigenvalue weighted by Crippen LogP contribution is -2.54. The van der Waals surface area contributed by atoms with Crippen molar-refractivity contribution in [3.05, 3.63) is 30.1 Å². The Morgan fingerprint density at radius 1 is 1.15 bits per heavy atom. The molecule has 8 nitrogen and oxygen atoms in total. The van der Waals surface area contributed by atoms with Crippen molar-refractivity contribution in [2.45, 2.75) is 64.0 Å². The number of sulfone groups is 1. The van der Waals surface area contributed by atoms with E-state index in [0.717, 1.165) is 5.56 Å². The van der Waals surface area contributed by atoms with Crippen molar-refractivity contribution in [3.8, 4) is 0 Å². The number of hydrogen-bond donors (Lipinski definition) is 1. The number of carbonyl (C=O) groups is 2. The third-order valence-electron chi connectivity index (χ3n) is 5.79. The van der Waals surface area contributed by atoms with Gasteiger partial charge in [-0.15, -0.1) is 0 Å². The molecule has 0 spiro atoms. The van der Waals surface area contributed by atoms with Gasteiger partial charge in [0.25, 0.3) is 0 Å². The molecule has 2 aliphatic rings. The Labute approximate surface area is 198 Å². The molecule has 0 aliphatic carbocycles. The topological polar surface area (TPSA) is 108 Å². The van der Waals surface area contributed by atoms with Gasteiger partial charge in [-0.1, -0.05) is 26.8 Å².